The maximum Gasteiger partial charge on any atom is 0.138 e. The van der Waals surface area contributed by atoms with Gasteiger partial charge in [0.2, 0.25) is 0 Å². The first-order valence-electron chi connectivity index (χ1n) is 7.51. The molecule has 0 amide bonds. The topological polar surface area (TPSA) is 29.3 Å². The van der Waals surface area contributed by atoms with Crippen LogP contribution in [-0.4, -0.2) is 29.7 Å². The van der Waals surface area contributed by atoms with Crippen molar-refractivity contribution in [1.82, 2.24) is 10.1 Å². The second-order valence-corrected chi connectivity index (χ2v) is 5.71. The molecule has 1 aliphatic heterocycles. The van der Waals surface area contributed by atoms with Crippen molar-refractivity contribution in [2.45, 2.75) is 32.1 Å². The second kappa shape index (κ2) is 6.23. The first-order valence-corrected chi connectivity index (χ1v) is 7.51. The van der Waals surface area contributed by atoms with Crippen molar-refractivity contribution in [1.29, 1.82) is 0 Å². The van der Waals surface area contributed by atoms with Crippen LogP contribution >= 0.6 is 0 Å². The minimum absolute atomic E-state index is 0.736. The van der Waals surface area contributed by atoms with Crippen LogP contribution in [0.5, 0.6) is 0 Å². The van der Waals surface area contributed by atoms with E-state index in [-0.39, 0.29) is 0 Å². The van der Waals surface area contributed by atoms with Crippen LogP contribution in [0.25, 0.3) is 0 Å². The number of hydrogen-bond acceptors (Lipinski definition) is 3. The number of nitrogens with zero attached hydrogens (tertiary/aromatic N) is 2. The van der Waals surface area contributed by atoms with Gasteiger partial charge in [0.1, 0.15) is 5.76 Å². The second-order valence-electron chi connectivity index (χ2n) is 5.71. The van der Waals surface area contributed by atoms with Crippen molar-refractivity contribution in [3.05, 3.63) is 53.4 Å². The van der Waals surface area contributed by atoms with Gasteiger partial charge in [-0.1, -0.05) is 35.5 Å². The first-order chi connectivity index (χ1) is 9.81. The highest BCUT2D eigenvalue weighted by Crippen LogP contribution is 2.27. The van der Waals surface area contributed by atoms with Crippen LogP contribution in [0.15, 0.2) is 40.9 Å². The molecule has 0 radical (unpaired) electrons. The predicted molar refractivity (Wildman–Crippen MR) is 79.8 cm³/mol. The van der Waals surface area contributed by atoms with E-state index in [1.54, 1.807) is 0 Å². The number of hydrogen-bond donors (Lipinski definition) is 0. The highest BCUT2D eigenvalue weighted by Gasteiger charge is 2.20. The van der Waals surface area contributed by atoms with E-state index in [1.807, 2.05) is 13.0 Å². The van der Waals surface area contributed by atoms with Crippen LogP contribution in [0.2, 0.25) is 0 Å². The maximum absolute atomic E-state index is 5.27. The third kappa shape index (κ3) is 3.28. The third-order valence-electron chi connectivity index (χ3n) is 4.21. The summed E-state index contributed by atoms with van der Waals surface area (Å²) >= 11 is 0. The van der Waals surface area contributed by atoms with Crippen molar-refractivity contribution in [3.63, 3.8) is 0 Å². The van der Waals surface area contributed by atoms with Gasteiger partial charge in [0.15, 0.2) is 0 Å². The Balaban J connectivity index is 1.47. The van der Waals surface area contributed by atoms with Gasteiger partial charge in [-0.3, -0.25) is 0 Å². The number of benzene rings is 1. The van der Waals surface area contributed by atoms with Gasteiger partial charge in [0, 0.05) is 19.0 Å². The van der Waals surface area contributed by atoms with Crippen molar-refractivity contribution >= 4 is 0 Å². The SMILES string of the molecule is Cc1cc(CCN2CCC(c3ccccc3)CC2)on1. The molecule has 1 aromatic heterocycles. The van der Waals surface area contributed by atoms with E-state index in [0.29, 0.717) is 0 Å². The molecule has 106 valence electrons. The lowest BCUT2D eigenvalue weighted by Crippen LogP contribution is -2.34. The summed E-state index contributed by atoms with van der Waals surface area (Å²) in [5.74, 6) is 1.74. The Morgan fingerprint density at radius 2 is 1.95 bits per heavy atom. The molecule has 1 fully saturated rings. The molecule has 2 aromatic rings. The summed E-state index contributed by atoms with van der Waals surface area (Å²) in [7, 11) is 0. The summed E-state index contributed by atoms with van der Waals surface area (Å²) < 4.78 is 5.27. The largest absolute Gasteiger partial charge is 0.361 e. The molecule has 20 heavy (non-hydrogen) atoms. The van der Waals surface area contributed by atoms with Crippen molar-refractivity contribution in [2.24, 2.45) is 0 Å². The summed E-state index contributed by atoms with van der Waals surface area (Å²) in [5.41, 5.74) is 2.47. The summed E-state index contributed by atoms with van der Waals surface area (Å²) in [5, 5.41) is 3.94. The molecule has 0 saturated carbocycles. The Labute approximate surface area is 120 Å². The number of aryl methyl sites for hydroxylation is 1. The lowest BCUT2D eigenvalue weighted by atomic mass is 9.89. The molecule has 0 bridgehead atoms. The molecule has 2 heterocycles. The first kappa shape index (κ1) is 13.4. The van der Waals surface area contributed by atoms with Gasteiger partial charge in [0.05, 0.1) is 5.69 Å². The fraction of sp³-hybridized carbons (Fsp3) is 0.471. The summed E-state index contributed by atoms with van der Waals surface area (Å²) in [6.07, 6.45) is 3.50. The fourth-order valence-electron chi connectivity index (χ4n) is 3.02. The van der Waals surface area contributed by atoms with E-state index in [9.17, 15) is 0 Å². The van der Waals surface area contributed by atoms with Crippen LogP contribution < -0.4 is 0 Å². The van der Waals surface area contributed by atoms with Crippen LogP contribution in [0.4, 0.5) is 0 Å². The van der Waals surface area contributed by atoms with Gasteiger partial charge in [-0.2, -0.15) is 0 Å². The molecule has 3 rings (SSSR count). The molecular weight excluding hydrogens is 248 g/mol. The summed E-state index contributed by atoms with van der Waals surface area (Å²) in [6, 6.07) is 13.0. The average molecular weight is 270 g/mol. The van der Waals surface area contributed by atoms with E-state index in [0.717, 1.165) is 30.3 Å². The van der Waals surface area contributed by atoms with Gasteiger partial charge in [-0.15, -0.1) is 0 Å². The van der Waals surface area contributed by atoms with E-state index in [1.165, 1.54) is 31.5 Å². The molecule has 3 nitrogen and oxygen atoms in total. The molecule has 0 atom stereocenters. The Morgan fingerprint density at radius 3 is 2.60 bits per heavy atom. The van der Waals surface area contributed by atoms with Gasteiger partial charge >= 0.3 is 0 Å². The molecule has 0 aliphatic carbocycles. The van der Waals surface area contributed by atoms with Crippen molar-refractivity contribution in [2.75, 3.05) is 19.6 Å². The van der Waals surface area contributed by atoms with Gasteiger partial charge < -0.3 is 9.42 Å². The minimum atomic E-state index is 0.736. The summed E-state index contributed by atoms with van der Waals surface area (Å²) in [6.45, 7) is 5.42. The van der Waals surface area contributed by atoms with Gasteiger partial charge in [-0.25, -0.2) is 0 Å². The molecule has 3 heteroatoms. The number of aromatic nitrogens is 1. The fourth-order valence-corrected chi connectivity index (χ4v) is 3.02. The summed E-state index contributed by atoms with van der Waals surface area (Å²) in [4.78, 5) is 2.54. The monoisotopic (exact) mass is 270 g/mol. The van der Waals surface area contributed by atoms with E-state index in [2.05, 4.69) is 40.4 Å². The quantitative estimate of drug-likeness (QED) is 0.852. The zero-order valence-electron chi connectivity index (χ0n) is 12.1. The van der Waals surface area contributed by atoms with Crippen molar-refractivity contribution < 1.29 is 4.52 Å². The maximum atomic E-state index is 5.27. The lowest BCUT2D eigenvalue weighted by molar-refractivity contribution is 0.208. The molecule has 0 spiro atoms. The number of rotatable bonds is 4. The number of piperidine rings is 1. The molecule has 1 saturated heterocycles. The van der Waals surface area contributed by atoms with E-state index >= 15 is 0 Å². The molecule has 0 unspecified atom stereocenters. The lowest BCUT2D eigenvalue weighted by Gasteiger charge is -2.31. The third-order valence-corrected chi connectivity index (χ3v) is 4.21. The zero-order chi connectivity index (χ0) is 13.8. The Morgan fingerprint density at radius 1 is 1.20 bits per heavy atom. The smallest absolute Gasteiger partial charge is 0.138 e. The molecular formula is C17H22N2O. The van der Waals surface area contributed by atoms with Gasteiger partial charge in [-0.05, 0) is 44.3 Å². The highest BCUT2D eigenvalue weighted by molar-refractivity contribution is 5.20. The Hall–Kier alpha value is -1.61. The highest BCUT2D eigenvalue weighted by atomic mass is 16.5. The van der Waals surface area contributed by atoms with Crippen LogP contribution in [-0.2, 0) is 6.42 Å². The predicted octanol–water partition coefficient (Wildman–Crippen LogP) is 3.41. The van der Waals surface area contributed by atoms with Crippen LogP contribution in [0, 0.1) is 6.92 Å². The number of likely N-dealkylation sites (tertiary alicyclic amines) is 1. The van der Waals surface area contributed by atoms with Crippen LogP contribution in [0.3, 0.4) is 0 Å². The Kier molecular flexibility index (Phi) is 4.16. The van der Waals surface area contributed by atoms with Crippen LogP contribution in [0.1, 0.15) is 35.8 Å². The molecule has 0 N–H and O–H groups in total. The average Bonchev–Trinajstić information content (AvgIpc) is 2.92. The zero-order valence-corrected chi connectivity index (χ0v) is 12.1. The standard InChI is InChI=1S/C17H22N2O/c1-14-13-17(20-18-14)9-12-19-10-7-16(8-11-19)15-5-3-2-4-6-15/h2-6,13,16H,7-12H2,1H3. The molecule has 1 aliphatic rings. The van der Waals surface area contributed by atoms with Crippen molar-refractivity contribution in [3.8, 4) is 0 Å². The van der Waals surface area contributed by atoms with E-state index in [4.69, 9.17) is 4.52 Å². The van der Waals surface area contributed by atoms with Gasteiger partial charge in [0.25, 0.3) is 0 Å². The van der Waals surface area contributed by atoms with E-state index < -0.39 is 0 Å². The Bertz CT molecular complexity index is 527. The minimum Gasteiger partial charge on any atom is -0.361 e. The normalized spacial score (nSPS) is 17.4. The molecule has 1 aromatic carbocycles.